The van der Waals surface area contributed by atoms with Crippen molar-refractivity contribution in [1.82, 2.24) is 5.32 Å². The van der Waals surface area contributed by atoms with Gasteiger partial charge in [0.05, 0.1) is 29.0 Å². The molecule has 1 heterocycles. The maximum Gasteiger partial charge on any atom is 0.332 e. The van der Waals surface area contributed by atoms with Crippen molar-refractivity contribution >= 4 is 27.7 Å². The molecule has 1 atom stereocenters. The minimum Gasteiger partial charge on any atom is -0.492 e. The van der Waals surface area contributed by atoms with Gasteiger partial charge in [-0.2, -0.15) is 8.42 Å². The molecule has 0 saturated heterocycles. The summed E-state index contributed by atoms with van der Waals surface area (Å²) in [4.78, 5) is 11.9. The van der Waals surface area contributed by atoms with Gasteiger partial charge in [0, 0.05) is 12.0 Å². The number of halogens is 2. The Balaban J connectivity index is 1.69. The van der Waals surface area contributed by atoms with Crippen LogP contribution in [0.1, 0.15) is 23.6 Å². The van der Waals surface area contributed by atoms with Gasteiger partial charge in [0.25, 0.3) is 0 Å². The molecule has 0 bridgehead atoms. The molecule has 3 rings (SSSR count). The third-order valence-corrected chi connectivity index (χ3v) is 5.06. The molecule has 1 N–H and O–H groups in total. The fraction of sp³-hybridized carbons (Fsp3) is 0.235. The maximum absolute atomic E-state index is 12.9. The van der Waals surface area contributed by atoms with E-state index in [1.54, 1.807) is 12.1 Å². The van der Waals surface area contributed by atoms with Crippen LogP contribution in [-0.4, -0.2) is 20.9 Å². The zero-order valence-electron chi connectivity index (χ0n) is 13.0. The largest absolute Gasteiger partial charge is 0.492 e. The molecule has 0 radical (unpaired) electrons. The summed E-state index contributed by atoms with van der Waals surface area (Å²) in [6, 6.07) is 10.3. The molecule has 2 aromatic carbocycles. The van der Waals surface area contributed by atoms with Crippen molar-refractivity contribution in [2.24, 2.45) is 0 Å². The van der Waals surface area contributed by atoms with E-state index < -0.39 is 15.1 Å². The summed E-state index contributed by atoms with van der Waals surface area (Å²) >= 11 is 6.11. The number of benzene rings is 2. The van der Waals surface area contributed by atoms with Crippen molar-refractivity contribution in [2.75, 3.05) is 6.61 Å². The highest BCUT2D eigenvalue weighted by Crippen LogP contribution is 2.37. The molecule has 1 amide bonds. The fourth-order valence-electron chi connectivity index (χ4n) is 2.74. The highest BCUT2D eigenvalue weighted by atomic mass is 35.5. The molecule has 0 spiro atoms. The third kappa shape index (κ3) is 4.11. The summed E-state index contributed by atoms with van der Waals surface area (Å²) in [6.07, 6.45) is 0.679. The van der Waals surface area contributed by atoms with Gasteiger partial charge in [0.15, 0.2) is 0 Å². The van der Waals surface area contributed by atoms with E-state index >= 15 is 0 Å². The Bertz CT molecular complexity index is 899. The van der Waals surface area contributed by atoms with E-state index in [9.17, 15) is 17.1 Å². The lowest BCUT2D eigenvalue weighted by Gasteiger charge is -2.27. The Morgan fingerprint density at radius 2 is 1.96 bits per heavy atom. The van der Waals surface area contributed by atoms with Gasteiger partial charge in [-0.15, -0.1) is 3.89 Å². The van der Waals surface area contributed by atoms with Crippen LogP contribution in [0.5, 0.6) is 5.75 Å². The summed E-state index contributed by atoms with van der Waals surface area (Å²) in [5, 5.41) is 3.43. The average molecular weight is 384 g/mol. The number of ether oxygens (including phenoxy) is 1. The number of hydrogen-bond acceptors (Lipinski definition) is 4. The maximum atomic E-state index is 12.9. The van der Waals surface area contributed by atoms with Crippen molar-refractivity contribution in [3.8, 4) is 5.75 Å². The van der Waals surface area contributed by atoms with Gasteiger partial charge >= 0.3 is 10.2 Å². The van der Waals surface area contributed by atoms with Crippen LogP contribution in [0.2, 0.25) is 5.02 Å². The SMILES string of the molecule is O=C(Cc1ccc(S(=O)(=O)F)cc1)NC1CCOc2c(Cl)cccc21. The average Bonchev–Trinajstić information content (AvgIpc) is 2.55. The molecule has 0 saturated carbocycles. The predicted octanol–water partition coefficient (Wildman–Crippen LogP) is 3.18. The number of hydrogen-bond donors (Lipinski definition) is 1. The summed E-state index contributed by atoms with van der Waals surface area (Å²) in [7, 11) is -4.74. The normalized spacial score (nSPS) is 16.6. The lowest BCUT2D eigenvalue weighted by Crippen LogP contribution is -2.33. The van der Waals surface area contributed by atoms with Gasteiger partial charge in [0.2, 0.25) is 5.91 Å². The fourth-order valence-corrected chi connectivity index (χ4v) is 3.43. The van der Waals surface area contributed by atoms with Crippen molar-refractivity contribution in [3.63, 3.8) is 0 Å². The number of fused-ring (bicyclic) bond motifs is 1. The molecule has 1 aliphatic heterocycles. The molecular weight excluding hydrogens is 369 g/mol. The standard InChI is InChI=1S/C17H15ClFNO4S/c18-14-3-1-2-13-15(8-9-24-17(13)14)20-16(21)10-11-4-6-12(7-5-11)25(19,22)23/h1-7,15H,8-10H2,(H,20,21). The Labute approximate surface area is 150 Å². The van der Waals surface area contributed by atoms with Crippen molar-refractivity contribution < 1.29 is 21.8 Å². The lowest BCUT2D eigenvalue weighted by atomic mass is 10.00. The molecule has 132 valence electrons. The summed E-state index contributed by atoms with van der Waals surface area (Å²) in [5.74, 6) is 0.354. The van der Waals surface area contributed by atoms with Crippen LogP contribution in [0.4, 0.5) is 3.89 Å². The van der Waals surface area contributed by atoms with Crippen LogP contribution < -0.4 is 10.1 Å². The van der Waals surface area contributed by atoms with Gasteiger partial charge in [0.1, 0.15) is 5.75 Å². The van der Waals surface area contributed by atoms with E-state index in [2.05, 4.69) is 5.32 Å². The number of amides is 1. The summed E-state index contributed by atoms with van der Waals surface area (Å²) < 4.78 is 40.0. The van der Waals surface area contributed by atoms with Crippen molar-refractivity contribution in [3.05, 3.63) is 58.6 Å². The lowest BCUT2D eigenvalue weighted by molar-refractivity contribution is -0.121. The molecule has 1 aliphatic rings. The quantitative estimate of drug-likeness (QED) is 0.823. The number of carbonyl (C=O) groups is 1. The number of rotatable bonds is 4. The van der Waals surface area contributed by atoms with Gasteiger partial charge < -0.3 is 10.1 Å². The molecule has 2 aromatic rings. The van der Waals surface area contributed by atoms with Crippen LogP contribution in [-0.2, 0) is 21.4 Å². The molecule has 0 aliphatic carbocycles. The molecule has 1 unspecified atom stereocenters. The minimum absolute atomic E-state index is 0.0554. The molecule has 8 heteroatoms. The van der Waals surface area contributed by atoms with Crippen LogP contribution in [0.15, 0.2) is 47.4 Å². The first-order valence-corrected chi connectivity index (χ1v) is 9.35. The second kappa shape index (κ2) is 7.01. The smallest absolute Gasteiger partial charge is 0.332 e. The third-order valence-electron chi connectivity index (χ3n) is 3.93. The van der Waals surface area contributed by atoms with E-state index in [1.807, 2.05) is 6.07 Å². The van der Waals surface area contributed by atoms with Crippen LogP contribution in [0, 0.1) is 0 Å². The highest BCUT2D eigenvalue weighted by molar-refractivity contribution is 7.86. The minimum atomic E-state index is -4.74. The van der Waals surface area contributed by atoms with Gasteiger partial charge in [-0.05, 0) is 23.8 Å². The van der Waals surface area contributed by atoms with E-state index in [1.165, 1.54) is 12.1 Å². The molecule has 25 heavy (non-hydrogen) atoms. The van der Waals surface area contributed by atoms with Crippen LogP contribution in [0.25, 0.3) is 0 Å². The number of carbonyl (C=O) groups excluding carboxylic acids is 1. The van der Waals surface area contributed by atoms with E-state index in [0.29, 0.717) is 29.4 Å². The second-order valence-corrected chi connectivity index (χ2v) is 7.43. The predicted molar refractivity (Wildman–Crippen MR) is 90.9 cm³/mol. The highest BCUT2D eigenvalue weighted by Gasteiger charge is 2.24. The van der Waals surface area contributed by atoms with E-state index in [4.69, 9.17) is 16.3 Å². The van der Waals surface area contributed by atoms with Crippen molar-refractivity contribution in [2.45, 2.75) is 23.8 Å². The summed E-state index contributed by atoms with van der Waals surface area (Å²) in [6.45, 7) is 0.449. The monoisotopic (exact) mass is 383 g/mol. The topological polar surface area (TPSA) is 72.5 Å². The summed E-state index contributed by atoms with van der Waals surface area (Å²) in [5.41, 5.74) is 1.41. The first-order chi connectivity index (χ1) is 11.8. The number of nitrogens with one attached hydrogen (secondary N) is 1. The Morgan fingerprint density at radius 1 is 1.24 bits per heavy atom. The molecule has 5 nitrogen and oxygen atoms in total. The van der Waals surface area contributed by atoms with Crippen LogP contribution >= 0.6 is 11.6 Å². The molecule has 0 fully saturated rings. The van der Waals surface area contributed by atoms with E-state index in [0.717, 1.165) is 17.7 Å². The van der Waals surface area contributed by atoms with Crippen LogP contribution in [0.3, 0.4) is 0 Å². The zero-order valence-corrected chi connectivity index (χ0v) is 14.6. The number of para-hydroxylation sites is 1. The van der Waals surface area contributed by atoms with Gasteiger partial charge in [-0.25, -0.2) is 0 Å². The van der Waals surface area contributed by atoms with Gasteiger partial charge in [-0.3, -0.25) is 4.79 Å². The Morgan fingerprint density at radius 3 is 2.64 bits per heavy atom. The second-order valence-electron chi connectivity index (χ2n) is 5.67. The Hall–Kier alpha value is -2.12. The first kappa shape index (κ1) is 17.7. The van der Waals surface area contributed by atoms with Crippen molar-refractivity contribution in [1.29, 1.82) is 0 Å². The van der Waals surface area contributed by atoms with E-state index in [-0.39, 0.29) is 18.4 Å². The molecular formula is C17H15ClFNO4S. The van der Waals surface area contributed by atoms with Gasteiger partial charge in [-0.1, -0.05) is 35.9 Å². The Kier molecular flexibility index (Phi) is 4.96. The molecule has 0 aromatic heterocycles. The zero-order chi connectivity index (χ0) is 18.0. The first-order valence-electron chi connectivity index (χ1n) is 7.59.